The number of hydrogen-bond acceptors (Lipinski definition) is 2. The fourth-order valence-electron chi connectivity index (χ4n) is 3.60. The second-order valence-corrected chi connectivity index (χ2v) is 6.52. The lowest BCUT2D eigenvalue weighted by molar-refractivity contribution is 0.261. The van der Waals surface area contributed by atoms with E-state index < -0.39 is 0 Å². The molecule has 2 nitrogen and oxygen atoms in total. The Hall–Kier alpha value is -0.0800. The highest BCUT2D eigenvalue weighted by molar-refractivity contribution is 4.89. The van der Waals surface area contributed by atoms with Gasteiger partial charge in [0.05, 0.1) is 0 Å². The predicted molar refractivity (Wildman–Crippen MR) is 72.2 cm³/mol. The molecule has 1 N–H and O–H groups in total. The fraction of sp³-hybridized carbons (Fsp3) is 1.00. The third-order valence-corrected chi connectivity index (χ3v) is 4.90. The Bertz CT molecular complexity index is 231. The lowest BCUT2D eigenvalue weighted by Crippen LogP contribution is -2.34. The Morgan fingerprint density at radius 1 is 0.882 bits per heavy atom. The SMILES string of the molecule is C1CCC(CCN2CCC(NC3CC3)C2)CC1. The van der Waals surface area contributed by atoms with Gasteiger partial charge in [-0.15, -0.1) is 0 Å². The second-order valence-electron chi connectivity index (χ2n) is 6.52. The summed E-state index contributed by atoms with van der Waals surface area (Å²) in [5, 5.41) is 3.78. The van der Waals surface area contributed by atoms with Gasteiger partial charge in [0.25, 0.3) is 0 Å². The molecule has 3 rings (SSSR count). The highest BCUT2D eigenvalue weighted by atomic mass is 15.2. The third kappa shape index (κ3) is 3.69. The van der Waals surface area contributed by atoms with Crippen molar-refractivity contribution in [3.05, 3.63) is 0 Å². The summed E-state index contributed by atoms with van der Waals surface area (Å²) in [6.45, 7) is 4.04. The van der Waals surface area contributed by atoms with Gasteiger partial charge in [0, 0.05) is 18.6 Å². The molecular weight excluding hydrogens is 208 g/mol. The van der Waals surface area contributed by atoms with E-state index in [9.17, 15) is 0 Å². The molecule has 98 valence electrons. The quantitative estimate of drug-likeness (QED) is 0.789. The summed E-state index contributed by atoms with van der Waals surface area (Å²) in [6.07, 6.45) is 13.2. The maximum atomic E-state index is 3.78. The van der Waals surface area contributed by atoms with Gasteiger partial charge in [0.2, 0.25) is 0 Å². The van der Waals surface area contributed by atoms with Crippen LogP contribution in [0.15, 0.2) is 0 Å². The van der Waals surface area contributed by atoms with Crippen molar-refractivity contribution >= 4 is 0 Å². The first-order chi connectivity index (χ1) is 8.40. The average molecular weight is 236 g/mol. The molecule has 0 aromatic carbocycles. The monoisotopic (exact) mass is 236 g/mol. The lowest BCUT2D eigenvalue weighted by atomic mass is 9.87. The molecule has 3 fully saturated rings. The van der Waals surface area contributed by atoms with Gasteiger partial charge in [-0.05, 0) is 44.7 Å². The van der Waals surface area contributed by atoms with Crippen molar-refractivity contribution in [3.63, 3.8) is 0 Å². The molecule has 0 aromatic heterocycles. The Morgan fingerprint density at radius 2 is 1.71 bits per heavy atom. The van der Waals surface area contributed by atoms with Crippen LogP contribution in [0.1, 0.15) is 57.8 Å². The first kappa shape index (κ1) is 12.0. The smallest absolute Gasteiger partial charge is 0.0209 e. The molecule has 1 aliphatic heterocycles. The number of rotatable bonds is 5. The Morgan fingerprint density at radius 3 is 2.47 bits per heavy atom. The molecule has 2 heteroatoms. The van der Waals surface area contributed by atoms with Crippen molar-refractivity contribution in [3.8, 4) is 0 Å². The van der Waals surface area contributed by atoms with Crippen LogP contribution >= 0.6 is 0 Å². The minimum atomic E-state index is 0.814. The molecule has 2 aliphatic carbocycles. The van der Waals surface area contributed by atoms with Gasteiger partial charge in [0.1, 0.15) is 0 Å². The van der Waals surface area contributed by atoms with Gasteiger partial charge >= 0.3 is 0 Å². The zero-order valence-electron chi connectivity index (χ0n) is 11.2. The van der Waals surface area contributed by atoms with E-state index in [1.165, 1.54) is 77.4 Å². The van der Waals surface area contributed by atoms with Crippen LogP contribution in [0.25, 0.3) is 0 Å². The van der Waals surface area contributed by atoms with E-state index in [4.69, 9.17) is 0 Å². The van der Waals surface area contributed by atoms with E-state index >= 15 is 0 Å². The van der Waals surface area contributed by atoms with E-state index in [0.717, 1.165) is 18.0 Å². The summed E-state index contributed by atoms with van der Waals surface area (Å²) in [7, 11) is 0. The van der Waals surface area contributed by atoms with Crippen LogP contribution in [-0.4, -0.2) is 36.6 Å². The average Bonchev–Trinajstić information content (AvgIpc) is 3.06. The van der Waals surface area contributed by atoms with Gasteiger partial charge in [-0.2, -0.15) is 0 Å². The summed E-state index contributed by atoms with van der Waals surface area (Å²) in [4.78, 5) is 2.70. The van der Waals surface area contributed by atoms with Gasteiger partial charge < -0.3 is 10.2 Å². The number of likely N-dealkylation sites (tertiary alicyclic amines) is 1. The van der Waals surface area contributed by atoms with E-state index in [2.05, 4.69) is 10.2 Å². The maximum absolute atomic E-state index is 3.78. The van der Waals surface area contributed by atoms with Crippen LogP contribution in [0.4, 0.5) is 0 Å². The summed E-state index contributed by atoms with van der Waals surface area (Å²) >= 11 is 0. The van der Waals surface area contributed by atoms with Crippen molar-refractivity contribution in [1.82, 2.24) is 10.2 Å². The van der Waals surface area contributed by atoms with Gasteiger partial charge in [-0.1, -0.05) is 32.1 Å². The van der Waals surface area contributed by atoms with Crippen molar-refractivity contribution in [2.45, 2.75) is 69.9 Å². The molecule has 0 amide bonds. The second kappa shape index (κ2) is 5.71. The summed E-state index contributed by atoms with van der Waals surface area (Å²) in [5.74, 6) is 1.05. The molecule has 2 saturated carbocycles. The largest absolute Gasteiger partial charge is 0.310 e. The molecule has 17 heavy (non-hydrogen) atoms. The number of nitrogens with one attached hydrogen (secondary N) is 1. The molecule has 1 saturated heterocycles. The van der Waals surface area contributed by atoms with Crippen LogP contribution in [0.2, 0.25) is 0 Å². The van der Waals surface area contributed by atoms with Crippen LogP contribution in [0, 0.1) is 5.92 Å². The minimum Gasteiger partial charge on any atom is -0.310 e. The summed E-state index contributed by atoms with van der Waals surface area (Å²) in [5.41, 5.74) is 0. The van der Waals surface area contributed by atoms with Crippen LogP contribution in [0.3, 0.4) is 0 Å². The Labute approximate surface area is 106 Å². The van der Waals surface area contributed by atoms with Crippen LogP contribution in [-0.2, 0) is 0 Å². The summed E-state index contributed by atoms with van der Waals surface area (Å²) < 4.78 is 0. The molecule has 0 bridgehead atoms. The van der Waals surface area contributed by atoms with Gasteiger partial charge in [0.15, 0.2) is 0 Å². The van der Waals surface area contributed by atoms with Gasteiger partial charge in [-0.3, -0.25) is 0 Å². The molecule has 1 heterocycles. The van der Waals surface area contributed by atoms with Crippen molar-refractivity contribution in [2.24, 2.45) is 5.92 Å². The first-order valence-electron chi connectivity index (χ1n) is 7.88. The zero-order chi connectivity index (χ0) is 11.5. The standard InChI is InChI=1S/C15H28N2/c1-2-4-13(5-3-1)8-10-17-11-9-15(12-17)16-14-6-7-14/h13-16H,1-12H2. The van der Waals surface area contributed by atoms with Crippen molar-refractivity contribution < 1.29 is 0 Å². The van der Waals surface area contributed by atoms with E-state index in [1.807, 2.05) is 0 Å². The molecule has 1 unspecified atom stereocenters. The van der Waals surface area contributed by atoms with Crippen molar-refractivity contribution in [1.29, 1.82) is 0 Å². The highest BCUT2D eigenvalue weighted by Crippen LogP contribution is 2.27. The fourth-order valence-corrected chi connectivity index (χ4v) is 3.60. The normalized spacial score (nSPS) is 32.1. The molecule has 1 atom stereocenters. The minimum absolute atomic E-state index is 0.814. The molecular formula is C15H28N2. The van der Waals surface area contributed by atoms with Gasteiger partial charge in [-0.25, -0.2) is 0 Å². The topological polar surface area (TPSA) is 15.3 Å². The van der Waals surface area contributed by atoms with Crippen molar-refractivity contribution in [2.75, 3.05) is 19.6 Å². The van der Waals surface area contributed by atoms with Crippen LogP contribution < -0.4 is 5.32 Å². The van der Waals surface area contributed by atoms with E-state index in [-0.39, 0.29) is 0 Å². The third-order valence-electron chi connectivity index (χ3n) is 4.90. The number of nitrogens with zero attached hydrogens (tertiary/aromatic N) is 1. The Balaban J connectivity index is 1.32. The number of hydrogen-bond donors (Lipinski definition) is 1. The van der Waals surface area contributed by atoms with E-state index in [1.54, 1.807) is 0 Å². The van der Waals surface area contributed by atoms with E-state index in [0.29, 0.717) is 0 Å². The maximum Gasteiger partial charge on any atom is 0.0209 e. The van der Waals surface area contributed by atoms with Crippen LogP contribution in [0.5, 0.6) is 0 Å². The molecule has 0 radical (unpaired) electrons. The zero-order valence-corrected chi connectivity index (χ0v) is 11.2. The lowest BCUT2D eigenvalue weighted by Gasteiger charge is -2.24. The predicted octanol–water partition coefficient (Wildman–Crippen LogP) is 2.78. The molecule has 0 aromatic rings. The highest BCUT2D eigenvalue weighted by Gasteiger charge is 2.29. The molecule has 3 aliphatic rings. The molecule has 0 spiro atoms. The first-order valence-corrected chi connectivity index (χ1v) is 7.88. The Kier molecular flexibility index (Phi) is 4.02. The summed E-state index contributed by atoms with van der Waals surface area (Å²) in [6, 6.07) is 1.70.